The van der Waals surface area contributed by atoms with E-state index in [1.165, 1.54) is 14.2 Å². The Kier molecular flexibility index (Phi) is 6.91. The monoisotopic (exact) mass is 451 g/mol. The van der Waals surface area contributed by atoms with Crippen LogP contribution in [-0.2, 0) is 20.8 Å². The average molecular weight is 451 g/mol. The molecule has 9 nitrogen and oxygen atoms in total. The number of methoxy groups -OCH3 is 2. The Morgan fingerprint density at radius 2 is 1.58 bits per heavy atom. The maximum atomic E-state index is 12.0. The summed E-state index contributed by atoms with van der Waals surface area (Å²) in [6.07, 6.45) is 2.77. The van der Waals surface area contributed by atoms with Crippen LogP contribution < -0.4 is 0 Å². The number of carbonyl (C=O) groups is 3. The van der Waals surface area contributed by atoms with Crippen molar-refractivity contribution in [3.8, 4) is 0 Å². The van der Waals surface area contributed by atoms with Gasteiger partial charge in [0.05, 0.1) is 43.6 Å². The number of hydrogen-bond donors (Lipinski definition) is 0. The summed E-state index contributed by atoms with van der Waals surface area (Å²) < 4.78 is 15.7. The van der Waals surface area contributed by atoms with E-state index >= 15 is 0 Å². The molecule has 2 aromatic carbocycles. The zero-order valence-electron chi connectivity index (χ0n) is 19.1. The Morgan fingerprint density at radius 1 is 0.939 bits per heavy atom. The molecule has 0 radical (unpaired) electrons. The Morgan fingerprint density at radius 3 is 2.21 bits per heavy atom. The summed E-state index contributed by atoms with van der Waals surface area (Å²) in [6, 6.07) is 10.3. The molecule has 4 rings (SSSR count). The van der Waals surface area contributed by atoms with Crippen LogP contribution in [0.5, 0.6) is 0 Å². The smallest absolute Gasteiger partial charge is 0.435 e. The van der Waals surface area contributed by atoms with E-state index in [1.807, 2.05) is 18.3 Å². The largest absolute Gasteiger partial charge is 0.465 e. The van der Waals surface area contributed by atoms with Crippen LogP contribution in [0.15, 0.2) is 47.6 Å². The van der Waals surface area contributed by atoms with Gasteiger partial charge in [-0.3, -0.25) is 4.99 Å². The number of hydrogen-bond acceptors (Lipinski definition) is 8. The normalized spacial score (nSPS) is 11.9. The van der Waals surface area contributed by atoms with Gasteiger partial charge in [-0.15, -0.1) is 0 Å². The Balaban J connectivity index is 0.000000203. The molecule has 0 fully saturated rings. The first-order valence-corrected chi connectivity index (χ1v) is 10.1. The van der Waals surface area contributed by atoms with E-state index < -0.39 is 17.7 Å². The molecule has 2 heterocycles. The van der Waals surface area contributed by atoms with E-state index in [-0.39, 0.29) is 5.97 Å². The van der Waals surface area contributed by atoms with Gasteiger partial charge in [0.1, 0.15) is 5.60 Å². The van der Waals surface area contributed by atoms with Gasteiger partial charge in [-0.25, -0.2) is 14.4 Å². The first kappa shape index (κ1) is 23.6. The van der Waals surface area contributed by atoms with Crippen LogP contribution in [0.25, 0.3) is 10.9 Å². The second-order valence-corrected chi connectivity index (χ2v) is 8.18. The highest BCUT2D eigenvalue weighted by atomic mass is 16.6. The summed E-state index contributed by atoms with van der Waals surface area (Å²) >= 11 is 0. The highest BCUT2D eigenvalue weighted by molar-refractivity contribution is 5.96. The summed E-state index contributed by atoms with van der Waals surface area (Å²) in [7, 11) is 2.68. The minimum atomic E-state index is -0.616. The van der Waals surface area contributed by atoms with Gasteiger partial charge < -0.3 is 14.2 Å². The second kappa shape index (κ2) is 9.64. The molecular formula is C24H25N3O6. The van der Waals surface area contributed by atoms with Gasteiger partial charge in [0.2, 0.25) is 0 Å². The summed E-state index contributed by atoms with van der Waals surface area (Å²) in [5.74, 6) is -0.765. The van der Waals surface area contributed by atoms with Gasteiger partial charge in [0.15, 0.2) is 0 Å². The van der Waals surface area contributed by atoms with Crippen molar-refractivity contribution in [1.82, 2.24) is 9.78 Å². The summed E-state index contributed by atoms with van der Waals surface area (Å²) in [5, 5.41) is 4.74. The fraction of sp³-hybridized carbons (Fsp3) is 0.292. The molecular weight excluding hydrogens is 426 g/mol. The Hall–Kier alpha value is -4.01. The molecule has 0 N–H and O–H groups in total. The van der Waals surface area contributed by atoms with Crippen molar-refractivity contribution in [2.24, 2.45) is 4.99 Å². The third-order valence-electron chi connectivity index (χ3n) is 4.61. The number of ether oxygens (including phenoxy) is 3. The lowest BCUT2D eigenvalue weighted by molar-refractivity contribution is 0.0519. The molecule has 1 aliphatic rings. The molecule has 0 bridgehead atoms. The standard InChI is InChI=1S/C14H16N2O4.C10H9NO2/c1-14(2,3)20-13(18)16-11-7-9(12(17)19-4)5-6-10(11)8-15-16;1-13-10(12)7-2-3-8-5-11-6-9(8)4-7/h5-8H,1-4H3;2-5H,6H2,1H3. The topological polar surface area (TPSA) is 109 Å². The average Bonchev–Trinajstić information content (AvgIpc) is 3.43. The van der Waals surface area contributed by atoms with Gasteiger partial charge in [0.25, 0.3) is 0 Å². The zero-order valence-corrected chi connectivity index (χ0v) is 19.1. The SMILES string of the molecule is COC(=O)c1ccc2c(c1)CN=C2.COC(=O)c1ccc2cnn(C(=O)OC(C)(C)C)c2c1. The maximum Gasteiger partial charge on any atom is 0.435 e. The number of aromatic nitrogens is 2. The molecule has 0 spiro atoms. The number of fused-ring (bicyclic) bond motifs is 2. The number of esters is 2. The van der Waals surface area contributed by atoms with Crippen LogP contribution in [0.1, 0.15) is 52.6 Å². The quantitative estimate of drug-likeness (QED) is 0.428. The van der Waals surface area contributed by atoms with Crippen molar-refractivity contribution in [1.29, 1.82) is 0 Å². The van der Waals surface area contributed by atoms with E-state index in [0.29, 0.717) is 23.2 Å². The number of aliphatic imine (C=N–C) groups is 1. The summed E-state index contributed by atoms with van der Waals surface area (Å²) in [6.45, 7) is 5.99. The summed E-state index contributed by atoms with van der Waals surface area (Å²) in [5.41, 5.74) is 3.00. The van der Waals surface area contributed by atoms with Crippen LogP contribution in [0, 0.1) is 0 Å². The van der Waals surface area contributed by atoms with Crippen molar-refractivity contribution >= 4 is 35.1 Å². The van der Waals surface area contributed by atoms with E-state index in [0.717, 1.165) is 21.2 Å². The molecule has 3 aromatic rings. The van der Waals surface area contributed by atoms with Gasteiger partial charge in [-0.2, -0.15) is 9.78 Å². The fourth-order valence-corrected chi connectivity index (χ4v) is 3.07. The minimum Gasteiger partial charge on any atom is -0.465 e. The summed E-state index contributed by atoms with van der Waals surface area (Å²) in [4.78, 5) is 38.8. The number of rotatable bonds is 2. The lowest BCUT2D eigenvalue weighted by Gasteiger charge is -2.19. The number of carbonyl (C=O) groups excluding carboxylic acids is 3. The second-order valence-electron chi connectivity index (χ2n) is 8.18. The lowest BCUT2D eigenvalue weighted by Crippen LogP contribution is -2.27. The molecule has 33 heavy (non-hydrogen) atoms. The molecule has 0 unspecified atom stereocenters. The van der Waals surface area contributed by atoms with Crippen LogP contribution in [0.2, 0.25) is 0 Å². The molecule has 0 aliphatic carbocycles. The predicted molar refractivity (Wildman–Crippen MR) is 122 cm³/mol. The molecule has 0 amide bonds. The fourth-order valence-electron chi connectivity index (χ4n) is 3.07. The number of benzene rings is 2. The van der Waals surface area contributed by atoms with Gasteiger partial charge in [-0.1, -0.05) is 12.1 Å². The molecule has 0 saturated heterocycles. The van der Waals surface area contributed by atoms with Crippen molar-refractivity contribution in [3.05, 3.63) is 64.8 Å². The van der Waals surface area contributed by atoms with Crippen molar-refractivity contribution < 1.29 is 28.6 Å². The first-order chi connectivity index (χ1) is 15.6. The van der Waals surface area contributed by atoms with E-state index in [1.54, 1.807) is 51.2 Å². The predicted octanol–water partition coefficient (Wildman–Crippen LogP) is 4.01. The molecule has 0 atom stereocenters. The minimum absolute atomic E-state index is 0.297. The van der Waals surface area contributed by atoms with Crippen molar-refractivity contribution in [2.75, 3.05) is 14.2 Å². The molecule has 1 aliphatic heterocycles. The molecule has 1 aromatic heterocycles. The zero-order chi connectivity index (χ0) is 24.2. The maximum absolute atomic E-state index is 12.0. The molecule has 0 saturated carbocycles. The Bertz CT molecular complexity index is 1240. The highest BCUT2D eigenvalue weighted by Gasteiger charge is 2.20. The first-order valence-electron chi connectivity index (χ1n) is 10.1. The lowest BCUT2D eigenvalue weighted by atomic mass is 10.1. The molecule has 9 heteroatoms. The van der Waals surface area contributed by atoms with Gasteiger partial charge in [0, 0.05) is 11.6 Å². The number of nitrogens with zero attached hydrogens (tertiary/aromatic N) is 3. The Labute approximate surface area is 191 Å². The van der Waals surface area contributed by atoms with Crippen LogP contribution >= 0.6 is 0 Å². The molecule has 172 valence electrons. The van der Waals surface area contributed by atoms with Crippen LogP contribution in [0.4, 0.5) is 4.79 Å². The van der Waals surface area contributed by atoms with Gasteiger partial charge >= 0.3 is 18.0 Å². The van der Waals surface area contributed by atoms with Crippen molar-refractivity contribution in [2.45, 2.75) is 32.9 Å². The van der Waals surface area contributed by atoms with E-state index in [9.17, 15) is 14.4 Å². The third kappa shape index (κ3) is 5.62. The van der Waals surface area contributed by atoms with Crippen molar-refractivity contribution in [3.63, 3.8) is 0 Å². The van der Waals surface area contributed by atoms with Crippen LogP contribution in [0.3, 0.4) is 0 Å². The van der Waals surface area contributed by atoms with Crippen LogP contribution in [-0.4, -0.2) is 53.8 Å². The van der Waals surface area contributed by atoms with E-state index in [2.05, 4.69) is 19.6 Å². The third-order valence-corrected chi connectivity index (χ3v) is 4.61. The highest BCUT2D eigenvalue weighted by Crippen LogP contribution is 2.19. The van der Waals surface area contributed by atoms with E-state index in [4.69, 9.17) is 4.74 Å². The van der Waals surface area contributed by atoms with Gasteiger partial charge in [-0.05, 0) is 56.2 Å².